The van der Waals surface area contributed by atoms with E-state index < -0.39 is 41.4 Å². The molecule has 14 N–H and O–H groups in total. The third-order valence-electron chi connectivity index (χ3n) is 6.66. The molecule has 3 atom stereocenters. The van der Waals surface area contributed by atoms with Crippen LogP contribution in [0.5, 0.6) is 28.7 Å². The average molecular weight is 504 g/mol. The van der Waals surface area contributed by atoms with Crippen LogP contribution >= 0.6 is 0 Å². The summed E-state index contributed by atoms with van der Waals surface area (Å²) < 4.78 is 33.0. The van der Waals surface area contributed by atoms with Gasteiger partial charge in [0.05, 0.1) is 32.4 Å². The Labute approximate surface area is 205 Å². The Morgan fingerprint density at radius 2 is 1.53 bits per heavy atom. The monoisotopic (exact) mass is 503 g/mol. The van der Waals surface area contributed by atoms with Crippen LogP contribution in [0.1, 0.15) is 22.6 Å². The molecule has 1 saturated heterocycles. The fourth-order valence-electron chi connectivity index (χ4n) is 5.21. The van der Waals surface area contributed by atoms with Crippen LogP contribution < -0.4 is 63.8 Å². The molecule has 2 aromatic rings. The van der Waals surface area contributed by atoms with Gasteiger partial charge >= 0.3 is 12.0 Å². The molecule has 0 aromatic heterocycles. The molecule has 0 saturated carbocycles. The van der Waals surface area contributed by atoms with Gasteiger partial charge in [-0.25, -0.2) is 11.5 Å². The van der Waals surface area contributed by atoms with E-state index in [-0.39, 0.29) is 35.4 Å². The van der Waals surface area contributed by atoms with Crippen LogP contribution in [0.2, 0.25) is 0 Å². The van der Waals surface area contributed by atoms with Gasteiger partial charge in [-0.05, 0) is 41.0 Å². The van der Waals surface area contributed by atoms with E-state index >= 15 is 0 Å². The summed E-state index contributed by atoms with van der Waals surface area (Å²) in [5.74, 6) is -3.36. The van der Waals surface area contributed by atoms with Crippen molar-refractivity contribution in [3.05, 3.63) is 41.0 Å². The standard InChI is InChI=1S/C22H29N7O7/c1-31-14-3-8(4-15(32-2)18(14)36-21(25,26)27)16-9-5-12-13(35-22(28,29)34-12)6-10(9)20(23,24)11-7-33-19(30)17(11)16/h3-6,11,16-17H,7,23-29H2,1-2H3/t11-,16?,17+/m0/s1. The quantitative estimate of drug-likeness (QED) is 0.170. The van der Waals surface area contributed by atoms with Gasteiger partial charge in [-0.3, -0.25) is 22.0 Å². The molecule has 3 aliphatic rings. The highest BCUT2D eigenvalue weighted by atomic mass is 16.8. The van der Waals surface area contributed by atoms with E-state index in [4.69, 9.17) is 68.6 Å². The molecule has 2 aromatic carbocycles. The maximum absolute atomic E-state index is 13.0. The van der Waals surface area contributed by atoms with Crippen LogP contribution in [0.15, 0.2) is 24.3 Å². The first-order chi connectivity index (χ1) is 16.8. The number of methoxy groups -OCH3 is 2. The Bertz CT molecular complexity index is 1220. The lowest BCUT2D eigenvalue weighted by atomic mass is 9.63. The molecule has 14 nitrogen and oxygen atoms in total. The number of carbonyl (C=O) groups is 1. The first kappa shape index (κ1) is 24.3. The lowest BCUT2D eigenvalue weighted by Gasteiger charge is -2.43. The van der Waals surface area contributed by atoms with E-state index in [1.165, 1.54) is 14.2 Å². The van der Waals surface area contributed by atoms with E-state index in [2.05, 4.69) is 0 Å². The van der Waals surface area contributed by atoms with Crippen LogP contribution in [0.25, 0.3) is 0 Å². The summed E-state index contributed by atoms with van der Waals surface area (Å²) in [4.78, 5) is 13.0. The topological polar surface area (TPSA) is 255 Å². The van der Waals surface area contributed by atoms with Crippen molar-refractivity contribution < 1.29 is 33.2 Å². The highest BCUT2D eigenvalue weighted by molar-refractivity contribution is 5.79. The second-order valence-corrected chi connectivity index (χ2v) is 9.19. The van der Waals surface area contributed by atoms with E-state index in [1.807, 2.05) is 0 Å². The number of hydrogen-bond acceptors (Lipinski definition) is 14. The van der Waals surface area contributed by atoms with Crippen LogP contribution in [0.4, 0.5) is 0 Å². The summed E-state index contributed by atoms with van der Waals surface area (Å²) in [7, 11) is 2.84. The number of nitrogens with two attached hydrogens (primary N) is 7. The van der Waals surface area contributed by atoms with Crippen LogP contribution in [-0.2, 0) is 15.2 Å². The summed E-state index contributed by atoms with van der Waals surface area (Å²) in [6, 6.07) is 4.72. The lowest BCUT2D eigenvalue weighted by Crippen LogP contribution is -2.62. The fraction of sp³-hybridized carbons (Fsp3) is 0.409. The van der Waals surface area contributed by atoms with E-state index in [1.54, 1.807) is 24.3 Å². The Balaban J connectivity index is 1.74. The van der Waals surface area contributed by atoms with Crippen molar-refractivity contribution in [2.75, 3.05) is 20.8 Å². The Hall–Kier alpha value is -3.37. The normalized spacial score (nSPS) is 25.0. The average Bonchev–Trinajstić information content (AvgIpc) is 3.30. The van der Waals surface area contributed by atoms with Gasteiger partial charge in [-0.15, -0.1) is 0 Å². The van der Waals surface area contributed by atoms with Crippen LogP contribution in [0, 0.1) is 11.8 Å². The smallest absolute Gasteiger partial charge is 0.376 e. The van der Waals surface area contributed by atoms with Gasteiger partial charge in [0.15, 0.2) is 23.0 Å². The number of carbonyl (C=O) groups excluding carboxylic acids is 1. The maximum atomic E-state index is 13.0. The molecule has 0 radical (unpaired) electrons. The van der Waals surface area contributed by atoms with Crippen molar-refractivity contribution in [1.29, 1.82) is 0 Å². The van der Waals surface area contributed by atoms with Gasteiger partial charge in [0.25, 0.3) is 5.97 Å². The minimum Gasteiger partial charge on any atom is -0.493 e. The largest absolute Gasteiger partial charge is 0.493 e. The molecule has 0 amide bonds. The molecule has 194 valence electrons. The zero-order valence-electron chi connectivity index (χ0n) is 19.6. The molecule has 5 rings (SSSR count). The van der Waals surface area contributed by atoms with Gasteiger partial charge in [0.2, 0.25) is 5.75 Å². The number of benzene rings is 2. The number of rotatable bonds is 5. The molecular formula is C22H29N7O7. The molecule has 14 heteroatoms. The molecule has 1 fully saturated rings. The number of ether oxygens (including phenoxy) is 6. The third-order valence-corrected chi connectivity index (χ3v) is 6.66. The van der Waals surface area contributed by atoms with Gasteiger partial charge in [0.1, 0.15) is 0 Å². The minimum absolute atomic E-state index is 0.0318. The van der Waals surface area contributed by atoms with Gasteiger partial charge in [-0.2, -0.15) is 0 Å². The van der Waals surface area contributed by atoms with Crippen molar-refractivity contribution >= 4 is 5.97 Å². The molecule has 36 heavy (non-hydrogen) atoms. The summed E-state index contributed by atoms with van der Waals surface area (Å²) in [6.07, 6.45) is 0. The molecular weight excluding hydrogens is 474 g/mol. The van der Waals surface area contributed by atoms with Crippen LogP contribution in [0.3, 0.4) is 0 Å². The molecule has 0 spiro atoms. The van der Waals surface area contributed by atoms with E-state index in [9.17, 15) is 4.79 Å². The molecule has 1 aliphatic carbocycles. The predicted octanol–water partition coefficient (Wildman–Crippen LogP) is -2.13. The summed E-state index contributed by atoms with van der Waals surface area (Å²) in [5, 5.41) is 0. The van der Waals surface area contributed by atoms with Gasteiger partial charge < -0.3 is 39.9 Å². The number of cyclic esters (lactones) is 1. The predicted molar refractivity (Wildman–Crippen MR) is 124 cm³/mol. The fourth-order valence-corrected chi connectivity index (χ4v) is 5.21. The van der Waals surface area contributed by atoms with E-state index in [0.717, 1.165) is 0 Å². The summed E-state index contributed by atoms with van der Waals surface area (Å²) in [5.41, 5.74) is 42.0. The van der Waals surface area contributed by atoms with Crippen molar-refractivity contribution in [3.63, 3.8) is 0 Å². The van der Waals surface area contributed by atoms with Gasteiger partial charge in [-0.1, -0.05) is 0 Å². The second-order valence-electron chi connectivity index (χ2n) is 9.19. The van der Waals surface area contributed by atoms with Crippen molar-refractivity contribution in [1.82, 2.24) is 0 Å². The van der Waals surface area contributed by atoms with E-state index in [0.29, 0.717) is 16.7 Å². The molecule has 2 heterocycles. The number of esters is 1. The molecule has 2 aliphatic heterocycles. The zero-order chi connectivity index (χ0) is 26.2. The van der Waals surface area contributed by atoms with Crippen molar-refractivity contribution in [2.45, 2.75) is 23.6 Å². The SMILES string of the molecule is COc1cc(C2c3cc4c(cc3C(N)(N)[C@H]3COC(=O)[C@@H]23)OC(N)(N)O4)cc(OC)c1OC(N)(N)N. The summed E-state index contributed by atoms with van der Waals surface area (Å²) >= 11 is 0. The van der Waals surface area contributed by atoms with Crippen LogP contribution in [-0.4, -0.2) is 38.8 Å². The maximum Gasteiger partial charge on any atom is 0.376 e. The number of hydrogen-bond donors (Lipinski definition) is 7. The molecule has 0 bridgehead atoms. The molecule has 1 unspecified atom stereocenters. The third kappa shape index (κ3) is 3.75. The second kappa shape index (κ2) is 7.81. The first-order valence-corrected chi connectivity index (χ1v) is 11.0. The Morgan fingerprint density at radius 1 is 0.944 bits per heavy atom. The lowest BCUT2D eigenvalue weighted by molar-refractivity contribution is -0.141. The van der Waals surface area contributed by atoms with Gasteiger partial charge in [0, 0.05) is 11.8 Å². The minimum atomic E-state index is -2.01. The summed E-state index contributed by atoms with van der Waals surface area (Å²) in [6.45, 7) is 0.0318. The van der Waals surface area contributed by atoms with Crippen molar-refractivity contribution in [2.24, 2.45) is 52.0 Å². The highest BCUT2D eigenvalue weighted by Gasteiger charge is 2.57. The number of fused-ring (bicyclic) bond motifs is 3. The zero-order valence-corrected chi connectivity index (χ0v) is 19.6. The highest BCUT2D eigenvalue weighted by Crippen LogP contribution is 2.55. The Kier molecular flexibility index (Phi) is 5.28. The Morgan fingerprint density at radius 3 is 2.08 bits per heavy atom. The first-order valence-electron chi connectivity index (χ1n) is 11.0. The van der Waals surface area contributed by atoms with Crippen molar-refractivity contribution in [3.8, 4) is 28.7 Å².